The minimum Gasteiger partial charge on any atom is -0.310 e. The summed E-state index contributed by atoms with van der Waals surface area (Å²) in [6, 6.07) is 68.5. The van der Waals surface area contributed by atoms with Crippen molar-refractivity contribution in [2.75, 3.05) is 4.90 Å². The SMILES string of the molecule is c1ccc(-c2nc3ccccc3nc2-c2ccc(N(c3ccc(-n4c5ccccc5c5ccccc54)cc3)c3cccc4ccccc34)cc2)cc1. The fourth-order valence-corrected chi connectivity index (χ4v) is 7.55. The van der Waals surface area contributed by atoms with E-state index in [9.17, 15) is 0 Å². The molecule has 0 bridgehead atoms. The number of anilines is 3. The van der Waals surface area contributed by atoms with Gasteiger partial charge in [0.2, 0.25) is 0 Å². The van der Waals surface area contributed by atoms with Gasteiger partial charge in [0.15, 0.2) is 0 Å². The summed E-state index contributed by atoms with van der Waals surface area (Å²) in [6.07, 6.45) is 0. The fourth-order valence-electron chi connectivity index (χ4n) is 7.55. The summed E-state index contributed by atoms with van der Waals surface area (Å²) in [5.74, 6) is 0. The smallest absolute Gasteiger partial charge is 0.0973 e. The summed E-state index contributed by atoms with van der Waals surface area (Å²) >= 11 is 0. The second-order valence-corrected chi connectivity index (χ2v) is 13.0. The molecule has 0 aliphatic heterocycles. The van der Waals surface area contributed by atoms with E-state index in [1.54, 1.807) is 0 Å². The second kappa shape index (κ2) is 12.4. The molecule has 0 unspecified atom stereocenters. The van der Waals surface area contributed by atoms with Crippen LogP contribution in [0.25, 0.3) is 71.8 Å². The van der Waals surface area contributed by atoms with E-state index in [0.29, 0.717) is 0 Å². The average Bonchev–Trinajstić information content (AvgIpc) is 3.56. The third-order valence-corrected chi connectivity index (χ3v) is 9.97. The molecule has 8 aromatic carbocycles. The molecule has 10 rings (SSSR count). The molecule has 0 aliphatic rings. The highest BCUT2D eigenvalue weighted by Crippen LogP contribution is 2.41. The lowest BCUT2D eigenvalue weighted by molar-refractivity contribution is 1.17. The molecular weight excluding hydrogens is 633 g/mol. The standard InChI is InChI=1S/C48H32N4/c1-2-14-34(15-3-1)47-48(50-43-21-9-8-20-42(43)49-47)35-25-27-36(28-26-35)51(44-24-12-16-33-13-4-5-17-39(33)44)37-29-31-38(32-30-37)52-45-22-10-6-18-40(45)41-19-7-11-23-46(41)52/h1-32H. The first-order valence-corrected chi connectivity index (χ1v) is 17.6. The van der Waals surface area contributed by atoms with Gasteiger partial charge >= 0.3 is 0 Å². The van der Waals surface area contributed by atoms with Crippen LogP contribution in [0.4, 0.5) is 17.1 Å². The minimum absolute atomic E-state index is 0.865. The van der Waals surface area contributed by atoms with Crippen molar-refractivity contribution in [2.24, 2.45) is 0 Å². The molecule has 0 atom stereocenters. The Hall–Kier alpha value is -7.04. The monoisotopic (exact) mass is 664 g/mol. The molecule has 0 fully saturated rings. The largest absolute Gasteiger partial charge is 0.310 e. The van der Waals surface area contributed by atoms with Crippen molar-refractivity contribution in [2.45, 2.75) is 0 Å². The third-order valence-electron chi connectivity index (χ3n) is 9.97. The van der Waals surface area contributed by atoms with Gasteiger partial charge in [0.05, 0.1) is 39.1 Å². The maximum Gasteiger partial charge on any atom is 0.0973 e. The maximum atomic E-state index is 5.15. The molecule has 10 aromatic rings. The lowest BCUT2D eigenvalue weighted by Crippen LogP contribution is -2.10. The molecule has 0 saturated heterocycles. The van der Waals surface area contributed by atoms with Gasteiger partial charge in [-0.25, -0.2) is 9.97 Å². The van der Waals surface area contributed by atoms with Crippen molar-refractivity contribution < 1.29 is 0 Å². The van der Waals surface area contributed by atoms with Crippen LogP contribution in [0.1, 0.15) is 0 Å². The molecule has 244 valence electrons. The topological polar surface area (TPSA) is 34.0 Å². The van der Waals surface area contributed by atoms with Crippen LogP contribution in [0.5, 0.6) is 0 Å². The minimum atomic E-state index is 0.865. The summed E-state index contributed by atoms with van der Waals surface area (Å²) in [4.78, 5) is 12.6. The number of nitrogens with zero attached hydrogens (tertiary/aromatic N) is 4. The first kappa shape index (κ1) is 29.8. The lowest BCUT2D eigenvalue weighted by Gasteiger charge is -2.27. The number of fused-ring (bicyclic) bond motifs is 5. The molecule has 0 radical (unpaired) electrons. The second-order valence-electron chi connectivity index (χ2n) is 13.0. The first-order valence-electron chi connectivity index (χ1n) is 17.6. The van der Waals surface area contributed by atoms with Crippen LogP contribution < -0.4 is 4.90 Å². The van der Waals surface area contributed by atoms with Crippen LogP contribution in [0.3, 0.4) is 0 Å². The predicted octanol–water partition coefficient (Wildman–Crippen LogP) is 12.7. The lowest BCUT2D eigenvalue weighted by atomic mass is 10.0. The number of aromatic nitrogens is 3. The number of rotatable bonds is 6. The van der Waals surface area contributed by atoms with Gasteiger partial charge < -0.3 is 9.47 Å². The molecule has 4 nitrogen and oxygen atoms in total. The molecule has 0 aliphatic carbocycles. The van der Waals surface area contributed by atoms with E-state index >= 15 is 0 Å². The summed E-state index contributed by atoms with van der Waals surface area (Å²) < 4.78 is 2.36. The number of para-hydroxylation sites is 4. The van der Waals surface area contributed by atoms with E-state index < -0.39 is 0 Å². The predicted molar refractivity (Wildman–Crippen MR) is 217 cm³/mol. The maximum absolute atomic E-state index is 5.15. The highest BCUT2D eigenvalue weighted by molar-refractivity contribution is 6.09. The van der Waals surface area contributed by atoms with Crippen molar-refractivity contribution in [3.63, 3.8) is 0 Å². The Morgan fingerprint density at radius 1 is 0.365 bits per heavy atom. The van der Waals surface area contributed by atoms with Gasteiger partial charge in [-0.15, -0.1) is 0 Å². The van der Waals surface area contributed by atoms with Gasteiger partial charge in [0.1, 0.15) is 0 Å². The molecular formula is C48H32N4. The zero-order valence-corrected chi connectivity index (χ0v) is 28.3. The van der Waals surface area contributed by atoms with E-state index in [0.717, 1.165) is 56.3 Å². The van der Waals surface area contributed by atoms with E-state index in [1.165, 1.54) is 32.6 Å². The van der Waals surface area contributed by atoms with Crippen molar-refractivity contribution in [3.05, 3.63) is 194 Å². The van der Waals surface area contributed by atoms with Crippen LogP contribution in [-0.2, 0) is 0 Å². The van der Waals surface area contributed by atoms with Gasteiger partial charge in [0, 0.05) is 44.3 Å². The summed E-state index contributed by atoms with van der Waals surface area (Å²) in [6.45, 7) is 0. The summed E-state index contributed by atoms with van der Waals surface area (Å²) in [5.41, 5.74) is 12.3. The average molecular weight is 665 g/mol. The van der Waals surface area contributed by atoms with Gasteiger partial charge in [-0.3, -0.25) is 0 Å². The van der Waals surface area contributed by atoms with Crippen LogP contribution >= 0.6 is 0 Å². The molecule has 0 spiro atoms. The molecule has 2 aromatic heterocycles. The number of benzene rings is 8. The molecule has 4 heteroatoms. The summed E-state index contributed by atoms with van der Waals surface area (Å²) in [5, 5.41) is 4.90. The Kier molecular flexibility index (Phi) is 7.10. The Morgan fingerprint density at radius 3 is 1.48 bits per heavy atom. The zero-order chi connectivity index (χ0) is 34.4. The fraction of sp³-hybridized carbons (Fsp3) is 0. The van der Waals surface area contributed by atoms with E-state index in [1.807, 2.05) is 42.5 Å². The van der Waals surface area contributed by atoms with E-state index in [-0.39, 0.29) is 0 Å². The van der Waals surface area contributed by atoms with Gasteiger partial charge in [-0.2, -0.15) is 0 Å². The van der Waals surface area contributed by atoms with Crippen molar-refractivity contribution in [1.29, 1.82) is 0 Å². The highest BCUT2D eigenvalue weighted by atomic mass is 15.1. The van der Waals surface area contributed by atoms with E-state index in [2.05, 4.69) is 161 Å². The zero-order valence-electron chi connectivity index (χ0n) is 28.3. The Morgan fingerprint density at radius 2 is 0.846 bits per heavy atom. The van der Waals surface area contributed by atoms with Crippen LogP contribution in [0, 0.1) is 0 Å². The van der Waals surface area contributed by atoms with Crippen molar-refractivity contribution in [3.8, 4) is 28.2 Å². The van der Waals surface area contributed by atoms with Gasteiger partial charge in [-0.05, 0) is 72.1 Å². The van der Waals surface area contributed by atoms with Gasteiger partial charge in [-0.1, -0.05) is 127 Å². The van der Waals surface area contributed by atoms with Crippen molar-refractivity contribution in [1.82, 2.24) is 14.5 Å². The molecule has 0 amide bonds. The Labute approximate surface area is 301 Å². The van der Waals surface area contributed by atoms with Crippen LogP contribution in [-0.4, -0.2) is 14.5 Å². The quantitative estimate of drug-likeness (QED) is 0.177. The van der Waals surface area contributed by atoms with Crippen LogP contribution in [0.2, 0.25) is 0 Å². The number of hydrogen-bond donors (Lipinski definition) is 0. The Balaban J connectivity index is 1.11. The van der Waals surface area contributed by atoms with Crippen LogP contribution in [0.15, 0.2) is 194 Å². The third kappa shape index (κ3) is 5.00. The van der Waals surface area contributed by atoms with Crippen molar-refractivity contribution >= 4 is 60.7 Å². The normalized spacial score (nSPS) is 11.5. The first-order chi connectivity index (χ1) is 25.8. The summed E-state index contributed by atoms with van der Waals surface area (Å²) in [7, 11) is 0. The molecule has 2 heterocycles. The van der Waals surface area contributed by atoms with Gasteiger partial charge in [0.25, 0.3) is 0 Å². The Bertz CT molecular complexity index is 2830. The molecule has 52 heavy (non-hydrogen) atoms. The molecule has 0 saturated carbocycles. The number of hydrogen-bond acceptors (Lipinski definition) is 3. The van der Waals surface area contributed by atoms with E-state index in [4.69, 9.17) is 9.97 Å². The molecule has 0 N–H and O–H groups in total. The highest BCUT2D eigenvalue weighted by Gasteiger charge is 2.19.